The molecule has 2 N–H and O–H groups in total. The Labute approximate surface area is 77.6 Å². The zero-order valence-electron chi connectivity index (χ0n) is 7.47. The standard InChI is InChI=1S/C10H15NS/c1-7-2-3-9-8(5-11)6-12-10(9)4-7/h6-7H,2-5,11H2,1H3/t7-/m1/s1. The van der Waals surface area contributed by atoms with Crippen molar-refractivity contribution in [2.75, 3.05) is 0 Å². The quantitative estimate of drug-likeness (QED) is 0.707. The first-order chi connectivity index (χ1) is 5.81. The molecule has 1 nitrogen and oxygen atoms in total. The van der Waals surface area contributed by atoms with Gasteiger partial charge in [-0.3, -0.25) is 0 Å². The van der Waals surface area contributed by atoms with Gasteiger partial charge in [0.15, 0.2) is 0 Å². The fraction of sp³-hybridized carbons (Fsp3) is 0.600. The molecular weight excluding hydrogens is 166 g/mol. The molecule has 0 radical (unpaired) electrons. The van der Waals surface area contributed by atoms with E-state index < -0.39 is 0 Å². The Hall–Kier alpha value is -0.340. The molecule has 0 aliphatic heterocycles. The number of fused-ring (bicyclic) bond motifs is 1. The van der Waals surface area contributed by atoms with Crippen molar-refractivity contribution in [1.29, 1.82) is 0 Å². The second-order valence-electron chi connectivity index (χ2n) is 3.71. The van der Waals surface area contributed by atoms with Crippen LogP contribution < -0.4 is 5.73 Å². The largest absolute Gasteiger partial charge is 0.326 e. The molecule has 0 bridgehead atoms. The highest BCUT2D eigenvalue weighted by Gasteiger charge is 2.18. The minimum absolute atomic E-state index is 0.722. The van der Waals surface area contributed by atoms with Gasteiger partial charge in [0.1, 0.15) is 0 Å². The van der Waals surface area contributed by atoms with E-state index >= 15 is 0 Å². The summed E-state index contributed by atoms with van der Waals surface area (Å²) in [7, 11) is 0. The van der Waals surface area contributed by atoms with Gasteiger partial charge in [-0.25, -0.2) is 0 Å². The maximum atomic E-state index is 5.66. The van der Waals surface area contributed by atoms with Crippen LogP contribution in [0.4, 0.5) is 0 Å². The van der Waals surface area contributed by atoms with E-state index in [1.807, 2.05) is 11.3 Å². The summed E-state index contributed by atoms with van der Waals surface area (Å²) in [6, 6.07) is 0. The fourth-order valence-corrected chi connectivity index (χ4v) is 3.19. The molecule has 0 spiro atoms. The van der Waals surface area contributed by atoms with Gasteiger partial charge >= 0.3 is 0 Å². The number of hydrogen-bond donors (Lipinski definition) is 1. The van der Waals surface area contributed by atoms with E-state index in [1.54, 1.807) is 10.4 Å². The SMILES string of the molecule is C[C@@H]1CCc2c(CN)csc2C1. The van der Waals surface area contributed by atoms with Crippen LogP contribution in [0, 0.1) is 5.92 Å². The van der Waals surface area contributed by atoms with Crippen LogP contribution in [0.1, 0.15) is 29.3 Å². The van der Waals surface area contributed by atoms with Gasteiger partial charge in [-0.1, -0.05) is 6.92 Å². The van der Waals surface area contributed by atoms with Gasteiger partial charge in [0.05, 0.1) is 0 Å². The molecule has 1 heterocycles. The summed E-state index contributed by atoms with van der Waals surface area (Å²) in [5.74, 6) is 0.877. The van der Waals surface area contributed by atoms with Crippen LogP contribution in [0.5, 0.6) is 0 Å². The van der Waals surface area contributed by atoms with E-state index in [0.717, 1.165) is 12.5 Å². The lowest BCUT2D eigenvalue weighted by Crippen LogP contribution is -2.11. The third-order valence-electron chi connectivity index (χ3n) is 2.71. The van der Waals surface area contributed by atoms with Crippen molar-refractivity contribution in [3.8, 4) is 0 Å². The van der Waals surface area contributed by atoms with E-state index in [0.29, 0.717) is 0 Å². The molecule has 66 valence electrons. The van der Waals surface area contributed by atoms with Crippen molar-refractivity contribution in [3.05, 3.63) is 21.4 Å². The third kappa shape index (κ3) is 1.29. The van der Waals surface area contributed by atoms with Gasteiger partial charge < -0.3 is 5.73 Å². The monoisotopic (exact) mass is 181 g/mol. The number of rotatable bonds is 1. The highest BCUT2D eigenvalue weighted by atomic mass is 32.1. The van der Waals surface area contributed by atoms with E-state index in [1.165, 1.54) is 24.8 Å². The van der Waals surface area contributed by atoms with Crippen LogP contribution in [0.25, 0.3) is 0 Å². The van der Waals surface area contributed by atoms with Crippen molar-refractivity contribution in [1.82, 2.24) is 0 Å². The molecule has 2 heteroatoms. The number of hydrogen-bond acceptors (Lipinski definition) is 2. The first-order valence-corrected chi connectivity index (χ1v) is 5.47. The summed E-state index contributed by atoms with van der Waals surface area (Å²) in [4.78, 5) is 1.59. The second kappa shape index (κ2) is 3.19. The summed E-state index contributed by atoms with van der Waals surface area (Å²) < 4.78 is 0. The van der Waals surface area contributed by atoms with E-state index in [9.17, 15) is 0 Å². The summed E-state index contributed by atoms with van der Waals surface area (Å²) in [6.45, 7) is 3.06. The lowest BCUT2D eigenvalue weighted by molar-refractivity contribution is 0.506. The summed E-state index contributed by atoms with van der Waals surface area (Å²) in [6.07, 6.45) is 3.88. The van der Waals surface area contributed by atoms with Gasteiger partial charge in [-0.05, 0) is 41.7 Å². The zero-order chi connectivity index (χ0) is 8.55. The van der Waals surface area contributed by atoms with Crippen LogP contribution in [0.2, 0.25) is 0 Å². The molecule has 0 aromatic carbocycles. The summed E-state index contributed by atoms with van der Waals surface area (Å²) in [5, 5.41) is 2.24. The molecule has 0 unspecified atom stereocenters. The second-order valence-corrected chi connectivity index (χ2v) is 4.68. The Morgan fingerprint density at radius 1 is 1.67 bits per heavy atom. The van der Waals surface area contributed by atoms with E-state index in [2.05, 4.69) is 12.3 Å². The van der Waals surface area contributed by atoms with Gasteiger partial charge in [0.25, 0.3) is 0 Å². The minimum Gasteiger partial charge on any atom is -0.326 e. The Bertz CT molecular complexity index is 277. The molecule has 0 fully saturated rings. The van der Waals surface area contributed by atoms with Crippen LogP contribution >= 0.6 is 11.3 Å². The van der Waals surface area contributed by atoms with Crippen molar-refractivity contribution >= 4 is 11.3 Å². The van der Waals surface area contributed by atoms with Crippen molar-refractivity contribution in [2.45, 2.75) is 32.7 Å². The minimum atomic E-state index is 0.722. The number of thiophene rings is 1. The van der Waals surface area contributed by atoms with Crippen LogP contribution in [-0.4, -0.2) is 0 Å². The zero-order valence-corrected chi connectivity index (χ0v) is 8.29. The molecular formula is C10H15NS. The molecule has 0 saturated heterocycles. The Morgan fingerprint density at radius 3 is 3.25 bits per heavy atom. The maximum Gasteiger partial charge on any atom is 0.0189 e. The Kier molecular flexibility index (Phi) is 2.20. The molecule has 1 aromatic rings. The highest BCUT2D eigenvalue weighted by molar-refractivity contribution is 7.10. The topological polar surface area (TPSA) is 26.0 Å². The predicted molar refractivity (Wildman–Crippen MR) is 53.4 cm³/mol. The molecule has 1 aromatic heterocycles. The van der Waals surface area contributed by atoms with Crippen molar-refractivity contribution < 1.29 is 0 Å². The molecule has 1 aliphatic rings. The van der Waals surface area contributed by atoms with E-state index in [-0.39, 0.29) is 0 Å². The predicted octanol–water partition coefficient (Wildman–Crippen LogP) is 2.33. The van der Waals surface area contributed by atoms with Gasteiger partial charge in [0.2, 0.25) is 0 Å². The number of nitrogens with two attached hydrogens (primary N) is 1. The summed E-state index contributed by atoms with van der Waals surface area (Å²) >= 11 is 1.90. The molecule has 1 aliphatic carbocycles. The molecule has 12 heavy (non-hydrogen) atoms. The van der Waals surface area contributed by atoms with Gasteiger partial charge in [-0.15, -0.1) is 11.3 Å². The van der Waals surface area contributed by atoms with Gasteiger partial charge in [-0.2, -0.15) is 0 Å². The fourth-order valence-electron chi connectivity index (χ4n) is 1.92. The van der Waals surface area contributed by atoms with Crippen LogP contribution in [0.15, 0.2) is 5.38 Å². The maximum absolute atomic E-state index is 5.66. The summed E-state index contributed by atoms with van der Waals surface area (Å²) in [5.41, 5.74) is 8.62. The molecule has 0 saturated carbocycles. The highest BCUT2D eigenvalue weighted by Crippen LogP contribution is 2.32. The lowest BCUT2D eigenvalue weighted by atomic mass is 9.89. The lowest BCUT2D eigenvalue weighted by Gasteiger charge is -2.18. The average Bonchev–Trinajstić information content (AvgIpc) is 2.46. The first-order valence-electron chi connectivity index (χ1n) is 4.59. The van der Waals surface area contributed by atoms with Gasteiger partial charge in [0, 0.05) is 11.4 Å². The third-order valence-corrected chi connectivity index (χ3v) is 3.81. The molecule has 2 rings (SSSR count). The smallest absolute Gasteiger partial charge is 0.0189 e. The van der Waals surface area contributed by atoms with Crippen LogP contribution in [0.3, 0.4) is 0 Å². The molecule has 1 atom stereocenters. The molecule has 0 amide bonds. The first kappa shape index (κ1) is 8.27. The average molecular weight is 181 g/mol. The normalized spacial score (nSPS) is 22.3. The van der Waals surface area contributed by atoms with Crippen molar-refractivity contribution in [2.24, 2.45) is 11.7 Å². The van der Waals surface area contributed by atoms with Crippen LogP contribution in [-0.2, 0) is 19.4 Å². The Balaban J connectivity index is 2.32. The Morgan fingerprint density at radius 2 is 2.50 bits per heavy atom. The van der Waals surface area contributed by atoms with E-state index in [4.69, 9.17) is 5.73 Å². The van der Waals surface area contributed by atoms with Crippen molar-refractivity contribution in [3.63, 3.8) is 0 Å².